The molecule has 1 heterocycles. The molecule has 0 saturated carbocycles. The maximum Gasteiger partial charge on any atom is 0.0503 e. The SMILES string of the molecule is CCCCCCCCCCCCC(CCCCCCCCCC)Cn1c2cc(Br)c(SC)cc2c2cc(SC)c(Br)cc21. The molecular formula is C38H59Br2NS2. The Kier molecular flexibility index (Phi) is 18.8. The summed E-state index contributed by atoms with van der Waals surface area (Å²) in [4.78, 5) is 2.64. The van der Waals surface area contributed by atoms with Gasteiger partial charge in [-0.05, 0) is 87.4 Å². The second-order valence-electron chi connectivity index (χ2n) is 12.7. The highest BCUT2D eigenvalue weighted by atomic mass is 79.9. The Morgan fingerprint density at radius 1 is 0.535 bits per heavy atom. The standard InChI is InChI=1S/C38H59Br2NS2/c1-5-7-9-11-13-15-16-18-20-22-24-30(23-21-19-17-14-12-10-8-6-2)29-41-35-27-33(39)37(42-3)25-31(35)32-26-38(43-4)34(40)28-36(32)41/h25-28,30H,5-24,29H2,1-4H3. The summed E-state index contributed by atoms with van der Waals surface area (Å²) in [5.74, 6) is 0.742. The average Bonchev–Trinajstić information content (AvgIpc) is 3.28. The highest BCUT2D eigenvalue weighted by Gasteiger charge is 2.19. The lowest BCUT2D eigenvalue weighted by molar-refractivity contribution is 0.364. The molecule has 3 aromatic rings. The van der Waals surface area contributed by atoms with Crippen LogP contribution in [0.5, 0.6) is 0 Å². The van der Waals surface area contributed by atoms with Gasteiger partial charge in [0.25, 0.3) is 0 Å². The van der Waals surface area contributed by atoms with E-state index in [0.717, 1.165) is 12.5 Å². The largest absolute Gasteiger partial charge is 0.340 e. The Labute approximate surface area is 290 Å². The predicted octanol–water partition coefficient (Wildman–Crippen LogP) is 15.2. The van der Waals surface area contributed by atoms with Crippen LogP contribution >= 0.6 is 55.4 Å². The number of nitrogens with zero attached hydrogens (tertiary/aromatic N) is 1. The molecule has 0 aliphatic heterocycles. The smallest absolute Gasteiger partial charge is 0.0503 e. The van der Waals surface area contributed by atoms with Gasteiger partial charge in [-0.25, -0.2) is 0 Å². The lowest BCUT2D eigenvalue weighted by atomic mass is 9.93. The molecule has 3 rings (SSSR count). The molecule has 0 radical (unpaired) electrons. The molecule has 1 unspecified atom stereocenters. The third-order valence-corrected chi connectivity index (χ3v) is 12.7. The number of rotatable bonds is 24. The molecular weight excluding hydrogens is 694 g/mol. The minimum Gasteiger partial charge on any atom is -0.340 e. The van der Waals surface area contributed by atoms with E-state index in [0.29, 0.717) is 0 Å². The number of unbranched alkanes of at least 4 members (excludes halogenated alkanes) is 16. The Morgan fingerprint density at radius 3 is 1.23 bits per heavy atom. The molecule has 1 nitrogen and oxygen atoms in total. The molecule has 0 aliphatic carbocycles. The quantitative estimate of drug-likeness (QED) is 0.0663. The summed E-state index contributed by atoms with van der Waals surface area (Å²) in [5.41, 5.74) is 2.77. The van der Waals surface area contributed by atoms with E-state index >= 15 is 0 Å². The van der Waals surface area contributed by atoms with Crippen LogP contribution in [0.3, 0.4) is 0 Å². The van der Waals surface area contributed by atoms with Crippen LogP contribution in [0.25, 0.3) is 21.8 Å². The number of aromatic nitrogens is 1. The van der Waals surface area contributed by atoms with Gasteiger partial charge in [-0.15, -0.1) is 23.5 Å². The van der Waals surface area contributed by atoms with E-state index in [4.69, 9.17) is 0 Å². The highest BCUT2D eigenvalue weighted by molar-refractivity contribution is 9.10. The van der Waals surface area contributed by atoms with Gasteiger partial charge >= 0.3 is 0 Å². The van der Waals surface area contributed by atoms with E-state index in [-0.39, 0.29) is 0 Å². The molecule has 0 saturated heterocycles. The number of fused-ring (bicyclic) bond motifs is 3. The van der Waals surface area contributed by atoms with Gasteiger partial charge in [0.1, 0.15) is 0 Å². The van der Waals surface area contributed by atoms with Crippen LogP contribution in [0.1, 0.15) is 142 Å². The van der Waals surface area contributed by atoms with Crippen molar-refractivity contribution in [1.29, 1.82) is 0 Å². The first-order chi connectivity index (χ1) is 21.0. The van der Waals surface area contributed by atoms with E-state index < -0.39 is 0 Å². The number of halogens is 2. The topological polar surface area (TPSA) is 4.93 Å². The molecule has 0 amide bonds. The summed E-state index contributed by atoms with van der Waals surface area (Å²) in [6.45, 7) is 5.75. The van der Waals surface area contributed by atoms with Crippen LogP contribution in [0.15, 0.2) is 43.0 Å². The Morgan fingerprint density at radius 2 is 0.884 bits per heavy atom. The second-order valence-corrected chi connectivity index (χ2v) is 16.1. The Hall–Kier alpha value is -0.100. The van der Waals surface area contributed by atoms with Crippen molar-refractivity contribution in [1.82, 2.24) is 4.57 Å². The number of hydrogen-bond acceptors (Lipinski definition) is 2. The lowest BCUT2D eigenvalue weighted by Gasteiger charge is -2.20. The zero-order valence-electron chi connectivity index (χ0n) is 27.8. The molecule has 0 aliphatic rings. The van der Waals surface area contributed by atoms with E-state index in [2.05, 4.69) is 87.1 Å². The van der Waals surface area contributed by atoms with Crippen molar-refractivity contribution in [2.45, 2.75) is 159 Å². The maximum absolute atomic E-state index is 3.90. The zero-order valence-corrected chi connectivity index (χ0v) is 32.6. The molecule has 242 valence electrons. The third-order valence-electron chi connectivity index (χ3n) is 9.28. The van der Waals surface area contributed by atoms with Gasteiger partial charge in [-0.3, -0.25) is 0 Å². The van der Waals surface area contributed by atoms with E-state index in [1.807, 2.05) is 23.5 Å². The molecule has 0 fully saturated rings. The summed E-state index contributed by atoms with van der Waals surface area (Å²) < 4.78 is 5.10. The van der Waals surface area contributed by atoms with Crippen LogP contribution in [-0.4, -0.2) is 17.1 Å². The van der Waals surface area contributed by atoms with Crippen molar-refractivity contribution in [3.63, 3.8) is 0 Å². The van der Waals surface area contributed by atoms with Gasteiger partial charge in [-0.1, -0.05) is 129 Å². The lowest BCUT2D eigenvalue weighted by Crippen LogP contribution is -2.11. The number of benzene rings is 2. The summed E-state index contributed by atoms with van der Waals surface area (Å²) in [5, 5.41) is 2.80. The number of hydrogen-bond donors (Lipinski definition) is 0. The number of thioether (sulfide) groups is 2. The van der Waals surface area contributed by atoms with Crippen LogP contribution in [-0.2, 0) is 6.54 Å². The van der Waals surface area contributed by atoms with Gasteiger partial charge < -0.3 is 4.57 Å². The minimum atomic E-state index is 0.742. The van der Waals surface area contributed by atoms with Gasteiger partial charge in [0, 0.05) is 36.1 Å². The van der Waals surface area contributed by atoms with Crippen molar-refractivity contribution in [3.05, 3.63) is 33.2 Å². The van der Waals surface area contributed by atoms with Gasteiger partial charge in [-0.2, -0.15) is 0 Å². The minimum absolute atomic E-state index is 0.742. The third kappa shape index (κ3) is 12.2. The molecule has 5 heteroatoms. The van der Waals surface area contributed by atoms with Gasteiger partial charge in [0.2, 0.25) is 0 Å². The maximum atomic E-state index is 3.90. The summed E-state index contributed by atoms with van der Waals surface area (Å²) in [6.07, 6.45) is 32.5. The zero-order chi connectivity index (χ0) is 30.9. The van der Waals surface area contributed by atoms with Crippen molar-refractivity contribution in [3.8, 4) is 0 Å². The van der Waals surface area contributed by atoms with Crippen LogP contribution in [0, 0.1) is 5.92 Å². The molecule has 0 N–H and O–H groups in total. The molecule has 0 bridgehead atoms. The summed E-state index contributed by atoms with van der Waals surface area (Å²) in [6, 6.07) is 9.61. The van der Waals surface area contributed by atoms with Crippen LogP contribution in [0.4, 0.5) is 0 Å². The average molecular weight is 754 g/mol. The van der Waals surface area contributed by atoms with Crippen LogP contribution in [0.2, 0.25) is 0 Å². The van der Waals surface area contributed by atoms with Crippen molar-refractivity contribution >= 4 is 77.2 Å². The second kappa shape index (κ2) is 21.6. The molecule has 1 atom stereocenters. The predicted molar refractivity (Wildman–Crippen MR) is 206 cm³/mol. The fraction of sp³-hybridized carbons (Fsp3) is 0.684. The normalized spacial score (nSPS) is 12.6. The van der Waals surface area contributed by atoms with Crippen molar-refractivity contribution < 1.29 is 0 Å². The van der Waals surface area contributed by atoms with Gasteiger partial charge in [0.05, 0.1) is 11.0 Å². The summed E-state index contributed by atoms with van der Waals surface area (Å²) in [7, 11) is 0. The highest BCUT2D eigenvalue weighted by Crippen LogP contribution is 2.40. The Balaban J connectivity index is 1.71. The summed E-state index contributed by atoms with van der Waals surface area (Å²) >= 11 is 11.5. The molecule has 0 spiro atoms. The van der Waals surface area contributed by atoms with Gasteiger partial charge in [0.15, 0.2) is 0 Å². The van der Waals surface area contributed by atoms with Crippen molar-refractivity contribution in [2.75, 3.05) is 12.5 Å². The first-order valence-electron chi connectivity index (χ1n) is 17.6. The fourth-order valence-corrected chi connectivity index (χ4v) is 9.29. The fourth-order valence-electron chi connectivity index (χ4n) is 6.68. The van der Waals surface area contributed by atoms with E-state index in [9.17, 15) is 0 Å². The monoisotopic (exact) mass is 751 g/mol. The van der Waals surface area contributed by atoms with Crippen molar-refractivity contribution in [2.24, 2.45) is 5.92 Å². The Bertz CT molecular complexity index is 1140. The van der Waals surface area contributed by atoms with E-state index in [1.54, 1.807) is 0 Å². The van der Waals surface area contributed by atoms with E-state index in [1.165, 1.54) is 169 Å². The molecule has 2 aromatic carbocycles. The molecule has 1 aromatic heterocycles. The first kappa shape index (κ1) is 37.4. The van der Waals surface area contributed by atoms with Crippen LogP contribution < -0.4 is 0 Å². The first-order valence-corrected chi connectivity index (χ1v) is 21.6. The molecule has 43 heavy (non-hydrogen) atoms.